The molecule has 4 rings (SSSR count). The summed E-state index contributed by atoms with van der Waals surface area (Å²) >= 11 is 0. The second-order valence-electron chi connectivity index (χ2n) is 15.4. The zero-order valence-corrected chi connectivity index (χ0v) is 29.1. The van der Waals surface area contributed by atoms with E-state index in [0.29, 0.717) is 12.8 Å². The maximum absolute atomic E-state index is 14.6. The average molecular weight is 613 g/mol. The molecule has 1 aromatic rings. The molecule has 0 saturated heterocycles. The number of unbranched alkanes of at least 4 members (excludes halogenated alkanes) is 1. The highest BCUT2D eigenvalue weighted by atomic mass is 28.4. The predicted molar refractivity (Wildman–Crippen MR) is 173 cm³/mol. The number of carbonyl (C=O) groups excluding carboxylic acids is 2. The fourth-order valence-corrected chi connectivity index (χ4v) is 9.90. The van der Waals surface area contributed by atoms with Crippen molar-refractivity contribution in [3.8, 4) is 5.75 Å². The summed E-state index contributed by atoms with van der Waals surface area (Å²) in [5.41, 5.74) is 0.160. The summed E-state index contributed by atoms with van der Waals surface area (Å²) in [5.74, 6) is 1.30. The van der Waals surface area contributed by atoms with Crippen LogP contribution in [0.3, 0.4) is 0 Å². The zero-order valence-electron chi connectivity index (χ0n) is 28.1. The molecule has 0 radical (unpaired) electrons. The van der Waals surface area contributed by atoms with Crippen molar-refractivity contribution in [1.29, 1.82) is 0 Å². The van der Waals surface area contributed by atoms with E-state index < -0.39 is 19.1 Å². The minimum absolute atomic E-state index is 0.00875. The molecular formula is C36H56O6Si. The van der Waals surface area contributed by atoms with E-state index in [1.165, 1.54) is 6.29 Å². The van der Waals surface area contributed by atoms with E-state index in [1.54, 1.807) is 7.11 Å². The number of hydrogen-bond acceptors (Lipinski definition) is 6. The lowest BCUT2D eigenvalue weighted by Gasteiger charge is -2.49. The number of allylic oxidation sites excluding steroid dienone is 1. The molecule has 3 aliphatic rings. The Morgan fingerprint density at radius 2 is 1.81 bits per heavy atom. The van der Waals surface area contributed by atoms with Crippen LogP contribution < -0.4 is 4.74 Å². The van der Waals surface area contributed by atoms with Crippen LogP contribution in [0.25, 0.3) is 0 Å². The third-order valence-corrected chi connectivity index (χ3v) is 16.2. The SMILES string of the molecule is COc1ccc(COC(=O)[C@@]23CC(C=C2C(C)C)C[C@]3(C=O)C2CC(O[Si](C)(C)C(C)(C)C)C(C)C2CCCCO)cc1. The first-order valence-electron chi connectivity index (χ1n) is 16.4. The first kappa shape index (κ1) is 33.9. The van der Waals surface area contributed by atoms with Gasteiger partial charge in [0.15, 0.2) is 8.32 Å². The molecule has 0 aliphatic heterocycles. The molecule has 7 atom stereocenters. The first-order chi connectivity index (χ1) is 20.2. The topological polar surface area (TPSA) is 82.1 Å². The summed E-state index contributed by atoms with van der Waals surface area (Å²) in [4.78, 5) is 28.3. The van der Waals surface area contributed by atoms with E-state index in [2.05, 4.69) is 60.7 Å². The molecule has 2 bridgehead atoms. The first-order valence-corrected chi connectivity index (χ1v) is 19.4. The molecular weight excluding hydrogens is 556 g/mol. The van der Waals surface area contributed by atoms with Crippen LogP contribution in [0.15, 0.2) is 35.9 Å². The lowest BCUT2D eigenvalue weighted by Crippen LogP contribution is -2.53. The van der Waals surface area contributed by atoms with Crippen LogP contribution in [-0.2, 0) is 25.4 Å². The van der Waals surface area contributed by atoms with Gasteiger partial charge in [0.1, 0.15) is 24.1 Å². The molecule has 6 nitrogen and oxygen atoms in total. The molecule has 0 spiro atoms. The number of esters is 1. The standard InChI is InChI=1S/C36H56O6Si/c1-24(2)30-18-27-20-35(23-38,36(30,21-27)33(39)41-22-26-13-15-28(40-7)16-14-26)31-19-32(42-43(8,9)34(4,5)6)25(3)29(31)12-10-11-17-37/h13-16,18,23-25,27,29,31-32,37H,10-12,17,19-22H2,1-9H3/t25?,27?,29?,31?,32?,35-,36+/m0/s1. The van der Waals surface area contributed by atoms with Gasteiger partial charge in [-0.3, -0.25) is 4.79 Å². The van der Waals surface area contributed by atoms with Gasteiger partial charge >= 0.3 is 5.97 Å². The van der Waals surface area contributed by atoms with Crippen molar-refractivity contribution in [2.45, 2.75) is 111 Å². The van der Waals surface area contributed by atoms with Crippen molar-refractivity contribution in [3.63, 3.8) is 0 Å². The molecule has 0 heterocycles. The number of aliphatic hydroxyl groups excluding tert-OH is 1. The number of fused-ring (bicyclic) bond motifs is 2. The Kier molecular flexibility index (Phi) is 10.1. The van der Waals surface area contributed by atoms with E-state index in [-0.39, 0.29) is 59.9 Å². The normalized spacial score (nSPS) is 32.3. The van der Waals surface area contributed by atoms with Crippen molar-refractivity contribution >= 4 is 20.6 Å². The Labute approximate surface area is 261 Å². The van der Waals surface area contributed by atoms with Crippen LogP contribution >= 0.6 is 0 Å². The molecule has 5 unspecified atom stereocenters. The maximum atomic E-state index is 14.6. The fraction of sp³-hybridized carbons (Fsp3) is 0.722. The summed E-state index contributed by atoms with van der Waals surface area (Å²) in [7, 11) is -0.438. The van der Waals surface area contributed by atoms with Gasteiger partial charge in [0.25, 0.3) is 0 Å². The summed E-state index contributed by atoms with van der Waals surface area (Å²) in [5, 5.41) is 9.68. The van der Waals surface area contributed by atoms with E-state index in [9.17, 15) is 14.7 Å². The summed E-state index contributed by atoms with van der Waals surface area (Å²) in [6.45, 7) is 18.3. The highest BCUT2D eigenvalue weighted by molar-refractivity contribution is 6.74. The molecule has 1 N–H and O–H groups in total. The van der Waals surface area contributed by atoms with E-state index in [1.807, 2.05) is 24.3 Å². The molecule has 0 aromatic heterocycles. The predicted octanol–water partition coefficient (Wildman–Crippen LogP) is 7.74. The number of hydrogen-bond donors (Lipinski definition) is 1. The molecule has 1 aromatic carbocycles. The van der Waals surface area contributed by atoms with Crippen molar-refractivity contribution in [2.24, 2.45) is 40.4 Å². The number of aliphatic hydroxyl groups is 1. The lowest BCUT2D eigenvalue weighted by atomic mass is 9.52. The summed E-state index contributed by atoms with van der Waals surface area (Å²) in [6.07, 6.45) is 8.16. The maximum Gasteiger partial charge on any atom is 0.317 e. The number of rotatable bonds is 13. The van der Waals surface area contributed by atoms with Gasteiger partial charge in [0.05, 0.1) is 7.11 Å². The second-order valence-corrected chi connectivity index (χ2v) is 20.2. The molecule has 2 saturated carbocycles. The largest absolute Gasteiger partial charge is 0.497 e. The van der Waals surface area contributed by atoms with Gasteiger partial charge in [0.2, 0.25) is 0 Å². The van der Waals surface area contributed by atoms with Crippen molar-refractivity contribution in [3.05, 3.63) is 41.5 Å². The van der Waals surface area contributed by atoms with Crippen LogP contribution in [0.5, 0.6) is 5.75 Å². The third-order valence-electron chi connectivity index (χ3n) is 11.7. The Bertz CT molecular complexity index is 1170. The summed E-state index contributed by atoms with van der Waals surface area (Å²) in [6, 6.07) is 7.58. The van der Waals surface area contributed by atoms with Gasteiger partial charge in [-0.25, -0.2) is 0 Å². The smallest absolute Gasteiger partial charge is 0.317 e. The fourth-order valence-electron chi connectivity index (χ4n) is 8.48. The van der Waals surface area contributed by atoms with Gasteiger partial charge in [-0.2, -0.15) is 0 Å². The molecule has 2 fully saturated rings. The minimum Gasteiger partial charge on any atom is -0.497 e. The number of ether oxygens (including phenoxy) is 2. The monoisotopic (exact) mass is 612 g/mol. The Balaban J connectivity index is 1.73. The van der Waals surface area contributed by atoms with Crippen LogP contribution in [0.1, 0.15) is 85.6 Å². The highest BCUT2D eigenvalue weighted by Crippen LogP contribution is 2.71. The number of benzene rings is 1. The third kappa shape index (κ3) is 6.03. The number of aldehydes is 1. The van der Waals surface area contributed by atoms with E-state index in [4.69, 9.17) is 13.9 Å². The van der Waals surface area contributed by atoms with Gasteiger partial charge in [-0.15, -0.1) is 0 Å². The highest BCUT2D eigenvalue weighted by Gasteiger charge is 2.72. The van der Waals surface area contributed by atoms with Crippen molar-refractivity contribution in [2.75, 3.05) is 13.7 Å². The zero-order chi connectivity index (χ0) is 31.8. The van der Waals surface area contributed by atoms with Gasteiger partial charge < -0.3 is 23.8 Å². The van der Waals surface area contributed by atoms with Crippen molar-refractivity contribution in [1.82, 2.24) is 0 Å². The van der Waals surface area contributed by atoms with Crippen molar-refractivity contribution < 1.29 is 28.6 Å². The summed E-state index contributed by atoms with van der Waals surface area (Å²) < 4.78 is 18.6. The number of carbonyl (C=O) groups is 2. The minimum atomic E-state index is -2.07. The average Bonchev–Trinajstić information content (AvgIpc) is 3.61. The quantitative estimate of drug-likeness (QED) is 0.0807. The number of methoxy groups -OCH3 is 1. The Morgan fingerprint density at radius 3 is 2.37 bits per heavy atom. The van der Waals surface area contributed by atoms with Crippen LogP contribution in [0, 0.1) is 40.4 Å². The Hall–Kier alpha value is -1.96. The van der Waals surface area contributed by atoms with E-state index >= 15 is 0 Å². The Morgan fingerprint density at radius 1 is 1.14 bits per heavy atom. The van der Waals surface area contributed by atoms with Gasteiger partial charge in [-0.1, -0.05) is 71.7 Å². The second kappa shape index (κ2) is 12.8. The lowest BCUT2D eigenvalue weighted by molar-refractivity contribution is -0.167. The molecule has 43 heavy (non-hydrogen) atoms. The van der Waals surface area contributed by atoms with Gasteiger partial charge in [0, 0.05) is 18.1 Å². The van der Waals surface area contributed by atoms with Crippen LogP contribution in [0.4, 0.5) is 0 Å². The van der Waals surface area contributed by atoms with Crippen LogP contribution in [0.2, 0.25) is 18.1 Å². The molecule has 7 heteroatoms. The molecule has 3 aliphatic carbocycles. The van der Waals surface area contributed by atoms with Gasteiger partial charge in [-0.05, 0) is 97.5 Å². The molecule has 0 amide bonds. The van der Waals surface area contributed by atoms with Crippen LogP contribution in [-0.4, -0.2) is 45.5 Å². The van der Waals surface area contributed by atoms with E-state index in [0.717, 1.165) is 42.6 Å². The molecule has 240 valence electrons.